The first kappa shape index (κ1) is 13.6. The highest BCUT2D eigenvalue weighted by Gasteiger charge is 2.00. The molecule has 0 bridgehead atoms. The molecule has 0 saturated carbocycles. The van der Waals surface area contributed by atoms with Gasteiger partial charge in [0.05, 0.1) is 0 Å². The minimum Gasteiger partial charge on any atom is -0.310 e. The number of benzene rings is 2. The molecule has 0 heterocycles. The standard InChI is InChI=1S/C18H21N/c1-3-7-15(2)19-14-16-10-12-18(13-11-16)17-8-5-4-6-9-17/h3-6,8-13,15,19H,1,7,14H2,2H3. The van der Waals surface area contributed by atoms with E-state index < -0.39 is 0 Å². The molecule has 2 aromatic rings. The number of nitrogens with one attached hydrogen (secondary N) is 1. The molecule has 2 rings (SSSR count). The van der Waals surface area contributed by atoms with Crippen LogP contribution in [0.4, 0.5) is 0 Å². The lowest BCUT2D eigenvalue weighted by atomic mass is 10.0. The number of hydrogen-bond acceptors (Lipinski definition) is 1. The van der Waals surface area contributed by atoms with Gasteiger partial charge in [-0.1, -0.05) is 60.7 Å². The Balaban J connectivity index is 1.97. The van der Waals surface area contributed by atoms with Crippen molar-refractivity contribution in [1.82, 2.24) is 5.32 Å². The van der Waals surface area contributed by atoms with Gasteiger partial charge >= 0.3 is 0 Å². The van der Waals surface area contributed by atoms with E-state index in [0.717, 1.165) is 13.0 Å². The van der Waals surface area contributed by atoms with E-state index >= 15 is 0 Å². The SMILES string of the molecule is C=CCC(C)NCc1ccc(-c2ccccc2)cc1. The Morgan fingerprint density at radius 1 is 1.00 bits per heavy atom. The molecule has 2 aromatic carbocycles. The summed E-state index contributed by atoms with van der Waals surface area (Å²) in [6.45, 7) is 6.85. The summed E-state index contributed by atoms with van der Waals surface area (Å²) in [6.07, 6.45) is 2.96. The van der Waals surface area contributed by atoms with E-state index in [4.69, 9.17) is 0 Å². The van der Waals surface area contributed by atoms with Crippen molar-refractivity contribution in [3.63, 3.8) is 0 Å². The Hall–Kier alpha value is -1.86. The van der Waals surface area contributed by atoms with E-state index in [0.29, 0.717) is 6.04 Å². The van der Waals surface area contributed by atoms with Gasteiger partial charge in [-0.3, -0.25) is 0 Å². The Morgan fingerprint density at radius 2 is 1.63 bits per heavy atom. The van der Waals surface area contributed by atoms with Crippen molar-refractivity contribution in [3.8, 4) is 11.1 Å². The fourth-order valence-electron chi connectivity index (χ4n) is 2.07. The minimum absolute atomic E-state index is 0.478. The van der Waals surface area contributed by atoms with E-state index in [1.54, 1.807) is 0 Å². The number of hydrogen-bond donors (Lipinski definition) is 1. The molecule has 1 heteroatoms. The zero-order chi connectivity index (χ0) is 13.5. The van der Waals surface area contributed by atoms with Crippen molar-refractivity contribution in [2.24, 2.45) is 0 Å². The lowest BCUT2D eigenvalue weighted by molar-refractivity contribution is 0.554. The molecule has 1 nitrogen and oxygen atoms in total. The summed E-state index contributed by atoms with van der Waals surface area (Å²) in [5.41, 5.74) is 3.85. The van der Waals surface area contributed by atoms with Crippen molar-refractivity contribution < 1.29 is 0 Å². The van der Waals surface area contributed by atoms with Gasteiger partial charge in [-0.25, -0.2) is 0 Å². The van der Waals surface area contributed by atoms with Crippen LogP contribution in [0.25, 0.3) is 11.1 Å². The van der Waals surface area contributed by atoms with Gasteiger partial charge in [-0.2, -0.15) is 0 Å². The van der Waals surface area contributed by atoms with Crippen LogP contribution in [0.3, 0.4) is 0 Å². The summed E-state index contributed by atoms with van der Waals surface area (Å²) in [5, 5.41) is 3.49. The highest BCUT2D eigenvalue weighted by atomic mass is 14.9. The topological polar surface area (TPSA) is 12.0 Å². The largest absolute Gasteiger partial charge is 0.310 e. The van der Waals surface area contributed by atoms with E-state index in [2.05, 4.69) is 67.4 Å². The fourth-order valence-corrected chi connectivity index (χ4v) is 2.07. The summed E-state index contributed by atoms with van der Waals surface area (Å²) < 4.78 is 0. The zero-order valence-corrected chi connectivity index (χ0v) is 11.5. The molecule has 0 aliphatic carbocycles. The van der Waals surface area contributed by atoms with Crippen molar-refractivity contribution in [2.75, 3.05) is 0 Å². The molecular weight excluding hydrogens is 230 g/mol. The van der Waals surface area contributed by atoms with Crippen molar-refractivity contribution in [1.29, 1.82) is 0 Å². The molecule has 19 heavy (non-hydrogen) atoms. The molecule has 0 radical (unpaired) electrons. The molecule has 0 aliphatic rings. The summed E-state index contributed by atoms with van der Waals surface area (Å²) in [6, 6.07) is 19.7. The van der Waals surface area contributed by atoms with E-state index in [1.165, 1.54) is 16.7 Å². The van der Waals surface area contributed by atoms with Crippen LogP contribution in [0.5, 0.6) is 0 Å². The van der Waals surface area contributed by atoms with Crippen molar-refractivity contribution in [2.45, 2.75) is 25.9 Å². The minimum atomic E-state index is 0.478. The van der Waals surface area contributed by atoms with Crippen LogP contribution in [-0.4, -0.2) is 6.04 Å². The second-order valence-corrected chi connectivity index (χ2v) is 4.87. The van der Waals surface area contributed by atoms with Crippen LogP contribution >= 0.6 is 0 Å². The maximum Gasteiger partial charge on any atom is 0.0208 e. The molecule has 1 unspecified atom stereocenters. The van der Waals surface area contributed by atoms with Crippen molar-refractivity contribution in [3.05, 3.63) is 72.8 Å². The normalized spacial score (nSPS) is 12.1. The molecular formula is C18H21N. The van der Waals surface area contributed by atoms with Gasteiger partial charge in [-0.15, -0.1) is 6.58 Å². The van der Waals surface area contributed by atoms with Crippen LogP contribution in [-0.2, 0) is 6.54 Å². The van der Waals surface area contributed by atoms with Crippen LogP contribution < -0.4 is 5.32 Å². The molecule has 0 amide bonds. The lowest BCUT2D eigenvalue weighted by Gasteiger charge is -2.11. The van der Waals surface area contributed by atoms with Gasteiger partial charge in [0.2, 0.25) is 0 Å². The maximum atomic E-state index is 3.76. The van der Waals surface area contributed by atoms with Crippen LogP contribution in [0.15, 0.2) is 67.3 Å². The van der Waals surface area contributed by atoms with Crippen LogP contribution in [0.1, 0.15) is 18.9 Å². The van der Waals surface area contributed by atoms with Gasteiger partial charge in [0.25, 0.3) is 0 Å². The molecule has 0 fully saturated rings. The summed E-state index contributed by atoms with van der Waals surface area (Å²) in [5.74, 6) is 0. The van der Waals surface area contributed by atoms with Gasteiger partial charge in [0, 0.05) is 12.6 Å². The van der Waals surface area contributed by atoms with Crippen molar-refractivity contribution >= 4 is 0 Å². The van der Waals surface area contributed by atoms with E-state index in [1.807, 2.05) is 12.1 Å². The lowest BCUT2D eigenvalue weighted by Crippen LogP contribution is -2.24. The second-order valence-electron chi connectivity index (χ2n) is 4.87. The first-order chi connectivity index (χ1) is 9.29. The number of rotatable bonds is 6. The Morgan fingerprint density at radius 3 is 2.26 bits per heavy atom. The molecule has 0 aromatic heterocycles. The third-order valence-corrected chi connectivity index (χ3v) is 3.24. The average molecular weight is 251 g/mol. The summed E-state index contributed by atoms with van der Waals surface area (Å²) in [7, 11) is 0. The Kier molecular flexibility index (Phi) is 4.93. The molecule has 98 valence electrons. The monoisotopic (exact) mass is 251 g/mol. The average Bonchev–Trinajstić information content (AvgIpc) is 2.47. The third kappa shape index (κ3) is 4.08. The Labute approximate surface area is 116 Å². The molecule has 1 atom stereocenters. The Bertz CT molecular complexity index is 499. The van der Waals surface area contributed by atoms with Crippen LogP contribution in [0, 0.1) is 0 Å². The molecule has 0 aliphatic heterocycles. The summed E-state index contributed by atoms with van der Waals surface area (Å²) in [4.78, 5) is 0. The quantitative estimate of drug-likeness (QED) is 0.750. The van der Waals surface area contributed by atoms with Gasteiger partial charge in [0.15, 0.2) is 0 Å². The molecule has 1 N–H and O–H groups in total. The van der Waals surface area contributed by atoms with Gasteiger partial charge < -0.3 is 5.32 Å². The van der Waals surface area contributed by atoms with Crippen LogP contribution in [0.2, 0.25) is 0 Å². The van der Waals surface area contributed by atoms with Gasteiger partial charge in [0.1, 0.15) is 0 Å². The second kappa shape index (κ2) is 6.91. The maximum absolute atomic E-state index is 3.76. The van der Waals surface area contributed by atoms with Gasteiger partial charge in [-0.05, 0) is 30.0 Å². The smallest absolute Gasteiger partial charge is 0.0208 e. The highest BCUT2D eigenvalue weighted by Crippen LogP contribution is 2.19. The highest BCUT2D eigenvalue weighted by molar-refractivity contribution is 5.63. The fraction of sp³-hybridized carbons (Fsp3) is 0.222. The first-order valence-corrected chi connectivity index (χ1v) is 6.78. The first-order valence-electron chi connectivity index (χ1n) is 6.78. The summed E-state index contributed by atoms with van der Waals surface area (Å²) >= 11 is 0. The van der Waals surface area contributed by atoms with E-state index in [-0.39, 0.29) is 0 Å². The predicted octanol–water partition coefficient (Wildman–Crippen LogP) is 4.41. The predicted molar refractivity (Wildman–Crippen MR) is 83.0 cm³/mol. The molecule has 0 saturated heterocycles. The zero-order valence-electron chi connectivity index (χ0n) is 11.5. The van der Waals surface area contributed by atoms with E-state index in [9.17, 15) is 0 Å². The molecule has 0 spiro atoms. The third-order valence-electron chi connectivity index (χ3n) is 3.24.